The zero-order valence-corrected chi connectivity index (χ0v) is 12.3. The Balaban J connectivity index is 2.06. The maximum Gasteiger partial charge on any atom is 0.251 e. The molecule has 104 valence electrons. The summed E-state index contributed by atoms with van der Waals surface area (Å²) in [6, 6.07) is 12.3. The van der Waals surface area contributed by atoms with Gasteiger partial charge in [-0.05, 0) is 24.3 Å². The van der Waals surface area contributed by atoms with Gasteiger partial charge in [-0.15, -0.1) is 0 Å². The minimum absolute atomic E-state index is 0.213. The summed E-state index contributed by atoms with van der Waals surface area (Å²) >= 11 is 11.7. The Morgan fingerprint density at radius 2 is 1.90 bits per heavy atom. The van der Waals surface area contributed by atoms with Crippen molar-refractivity contribution < 1.29 is 9.53 Å². The van der Waals surface area contributed by atoms with Gasteiger partial charge in [-0.25, -0.2) is 0 Å². The third-order valence-corrected chi connectivity index (χ3v) is 3.55. The summed E-state index contributed by atoms with van der Waals surface area (Å²) < 4.78 is 5.23. The quantitative estimate of drug-likeness (QED) is 0.929. The average molecular weight is 310 g/mol. The van der Waals surface area contributed by atoms with Gasteiger partial charge in [0.1, 0.15) is 5.75 Å². The number of methoxy groups -OCH3 is 1. The molecule has 0 aromatic heterocycles. The molecule has 2 rings (SSSR count). The number of amides is 1. The summed E-state index contributed by atoms with van der Waals surface area (Å²) in [5.74, 6) is 0.524. The van der Waals surface area contributed by atoms with E-state index in [1.807, 2.05) is 24.3 Å². The lowest BCUT2D eigenvalue weighted by Crippen LogP contribution is -2.23. The van der Waals surface area contributed by atoms with Gasteiger partial charge in [-0.2, -0.15) is 0 Å². The van der Waals surface area contributed by atoms with Gasteiger partial charge in [0.05, 0.1) is 17.2 Å². The minimum Gasteiger partial charge on any atom is -0.496 e. The maximum absolute atomic E-state index is 12.0. The van der Waals surface area contributed by atoms with Crippen molar-refractivity contribution in [3.05, 3.63) is 63.6 Å². The van der Waals surface area contributed by atoms with Crippen molar-refractivity contribution in [1.82, 2.24) is 5.32 Å². The van der Waals surface area contributed by atoms with Crippen LogP contribution in [-0.2, 0) is 6.54 Å². The van der Waals surface area contributed by atoms with Gasteiger partial charge in [-0.3, -0.25) is 4.79 Å². The number of nitrogens with one attached hydrogen (secondary N) is 1. The number of carbonyl (C=O) groups excluding carboxylic acids is 1. The highest BCUT2D eigenvalue weighted by Crippen LogP contribution is 2.22. The molecule has 0 saturated carbocycles. The predicted octanol–water partition coefficient (Wildman–Crippen LogP) is 3.93. The third-order valence-electron chi connectivity index (χ3n) is 2.81. The normalized spacial score (nSPS) is 10.2. The summed E-state index contributed by atoms with van der Waals surface area (Å²) in [5, 5.41) is 3.60. The van der Waals surface area contributed by atoms with Crippen LogP contribution < -0.4 is 10.1 Å². The van der Waals surface area contributed by atoms with E-state index in [9.17, 15) is 4.79 Å². The number of ether oxygens (including phenoxy) is 1. The zero-order chi connectivity index (χ0) is 14.5. The lowest BCUT2D eigenvalue weighted by atomic mass is 10.1. The molecule has 0 fully saturated rings. The topological polar surface area (TPSA) is 38.3 Å². The Labute approximate surface area is 127 Å². The van der Waals surface area contributed by atoms with Crippen LogP contribution in [0.1, 0.15) is 15.9 Å². The van der Waals surface area contributed by atoms with Gasteiger partial charge in [0, 0.05) is 17.7 Å². The van der Waals surface area contributed by atoms with E-state index in [4.69, 9.17) is 27.9 Å². The average Bonchev–Trinajstić information content (AvgIpc) is 2.47. The van der Waals surface area contributed by atoms with Crippen molar-refractivity contribution in [1.29, 1.82) is 0 Å². The van der Waals surface area contributed by atoms with E-state index in [-0.39, 0.29) is 5.91 Å². The fourth-order valence-electron chi connectivity index (χ4n) is 1.76. The molecule has 0 spiro atoms. The van der Waals surface area contributed by atoms with Crippen LogP contribution in [0.2, 0.25) is 10.0 Å². The Morgan fingerprint density at radius 1 is 1.15 bits per heavy atom. The standard InChI is InChI=1S/C15H13Cl2NO2/c1-20-14-5-3-2-4-11(14)9-18-15(19)10-6-7-12(16)13(17)8-10/h2-8H,9H2,1H3,(H,18,19). The molecule has 0 radical (unpaired) electrons. The molecule has 2 aromatic carbocycles. The van der Waals surface area contributed by atoms with Gasteiger partial charge < -0.3 is 10.1 Å². The molecule has 0 aliphatic heterocycles. The van der Waals surface area contributed by atoms with Crippen molar-refractivity contribution >= 4 is 29.1 Å². The number of halogens is 2. The highest BCUT2D eigenvalue weighted by Gasteiger charge is 2.09. The fraction of sp³-hybridized carbons (Fsp3) is 0.133. The van der Waals surface area contributed by atoms with Crippen molar-refractivity contribution in [2.75, 3.05) is 7.11 Å². The van der Waals surface area contributed by atoms with E-state index in [0.29, 0.717) is 22.2 Å². The largest absolute Gasteiger partial charge is 0.496 e. The first kappa shape index (κ1) is 14.7. The van der Waals surface area contributed by atoms with E-state index < -0.39 is 0 Å². The monoisotopic (exact) mass is 309 g/mol. The lowest BCUT2D eigenvalue weighted by molar-refractivity contribution is 0.0950. The number of carbonyl (C=O) groups is 1. The van der Waals surface area contributed by atoms with Crippen molar-refractivity contribution in [3.8, 4) is 5.75 Å². The smallest absolute Gasteiger partial charge is 0.251 e. The lowest BCUT2D eigenvalue weighted by Gasteiger charge is -2.09. The van der Waals surface area contributed by atoms with Crippen molar-refractivity contribution in [2.45, 2.75) is 6.54 Å². The molecule has 0 heterocycles. The third kappa shape index (κ3) is 3.44. The van der Waals surface area contributed by atoms with Crippen LogP contribution in [0.15, 0.2) is 42.5 Å². The van der Waals surface area contributed by atoms with Gasteiger partial charge in [0.15, 0.2) is 0 Å². The second-order valence-corrected chi connectivity index (χ2v) is 4.94. The predicted molar refractivity (Wildman–Crippen MR) is 80.6 cm³/mol. The van der Waals surface area contributed by atoms with Crippen LogP contribution in [0.3, 0.4) is 0 Å². The van der Waals surface area contributed by atoms with Crippen molar-refractivity contribution in [3.63, 3.8) is 0 Å². The Bertz CT molecular complexity index is 629. The first-order chi connectivity index (χ1) is 9.61. The van der Waals surface area contributed by atoms with E-state index in [0.717, 1.165) is 11.3 Å². The van der Waals surface area contributed by atoms with E-state index >= 15 is 0 Å². The molecule has 5 heteroatoms. The SMILES string of the molecule is COc1ccccc1CNC(=O)c1ccc(Cl)c(Cl)c1. The summed E-state index contributed by atoms with van der Waals surface area (Å²) in [4.78, 5) is 12.0. The molecular weight excluding hydrogens is 297 g/mol. The second-order valence-electron chi connectivity index (χ2n) is 4.12. The van der Waals surface area contributed by atoms with Gasteiger partial charge in [0.25, 0.3) is 5.91 Å². The van der Waals surface area contributed by atoms with Crippen LogP contribution in [0.25, 0.3) is 0 Å². The van der Waals surface area contributed by atoms with Crippen LogP contribution >= 0.6 is 23.2 Å². The second kappa shape index (κ2) is 6.64. The number of para-hydroxylation sites is 1. The molecule has 2 aromatic rings. The molecule has 1 amide bonds. The Hall–Kier alpha value is -1.71. The highest BCUT2D eigenvalue weighted by molar-refractivity contribution is 6.42. The molecular formula is C15H13Cl2NO2. The van der Waals surface area contributed by atoms with Gasteiger partial charge in [-0.1, -0.05) is 41.4 Å². The zero-order valence-electron chi connectivity index (χ0n) is 10.8. The molecule has 3 nitrogen and oxygen atoms in total. The molecule has 1 N–H and O–H groups in total. The maximum atomic E-state index is 12.0. The van der Waals surface area contributed by atoms with E-state index in [2.05, 4.69) is 5.32 Å². The molecule has 0 aliphatic carbocycles. The summed E-state index contributed by atoms with van der Waals surface area (Å²) in [5.41, 5.74) is 1.37. The highest BCUT2D eigenvalue weighted by atomic mass is 35.5. The summed E-state index contributed by atoms with van der Waals surface area (Å²) in [6.45, 7) is 0.378. The molecule has 0 saturated heterocycles. The molecule has 0 unspecified atom stereocenters. The van der Waals surface area contributed by atoms with Crippen LogP contribution in [0.4, 0.5) is 0 Å². The number of benzene rings is 2. The fourth-order valence-corrected chi connectivity index (χ4v) is 2.06. The van der Waals surface area contributed by atoms with Crippen LogP contribution in [-0.4, -0.2) is 13.0 Å². The molecule has 20 heavy (non-hydrogen) atoms. The molecule has 0 atom stereocenters. The molecule has 0 aliphatic rings. The minimum atomic E-state index is -0.213. The first-order valence-electron chi connectivity index (χ1n) is 5.97. The van der Waals surface area contributed by atoms with Crippen LogP contribution in [0.5, 0.6) is 5.75 Å². The number of hydrogen-bond acceptors (Lipinski definition) is 2. The van der Waals surface area contributed by atoms with Gasteiger partial charge in [0.2, 0.25) is 0 Å². The van der Waals surface area contributed by atoms with Crippen LogP contribution in [0, 0.1) is 0 Å². The summed E-state index contributed by atoms with van der Waals surface area (Å²) in [7, 11) is 1.60. The summed E-state index contributed by atoms with van der Waals surface area (Å²) in [6.07, 6.45) is 0. The van der Waals surface area contributed by atoms with Crippen molar-refractivity contribution in [2.24, 2.45) is 0 Å². The van der Waals surface area contributed by atoms with E-state index in [1.54, 1.807) is 25.3 Å². The first-order valence-corrected chi connectivity index (χ1v) is 6.72. The number of hydrogen-bond donors (Lipinski definition) is 1. The Kier molecular flexibility index (Phi) is 4.88. The Morgan fingerprint density at radius 3 is 2.60 bits per heavy atom. The molecule has 0 bridgehead atoms. The number of rotatable bonds is 4. The van der Waals surface area contributed by atoms with Gasteiger partial charge >= 0.3 is 0 Å². The van der Waals surface area contributed by atoms with E-state index in [1.165, 1.54) is 0 Å².